The monoisotopic (exact) mass is 199 g/mol. The second-order valence-corrected chi connectivity index (χ2v) is 2.89. The highest BCUT2D eigenvalue weighted by Crippen LogP contribution is 2.10. The number of hydrogen-bond acceptors (Lipinski definition) is 1. The molecule has 0 unspecified atom stereocenters. The van der Waals surface area contributed by atoms with E-state index < -0.39 is 0 Å². The SMILES string of the molecule is [2H]c1cc(Br)ccc1C(C)=O. The summed E-state index contributed by atoms with van der Waals surface area (Å²) in [5.41, 5.74) is 0.466. The van der Waals surface area contributed by atoms with E-state index in [0.29, 0.717) is 5.56 Å². The fourth-order valence-electron chi connectivity index (χ4n) is 0.625. The Morgan fingerprint density at radius 1 is 1.60 bits per heavy atom. The molecule has 1 nitrogen and oxygen atoms in total. The topological polar surface area (TPSA) is 17.1 Å². The van der Waals surface area contributed by atoms with E-state index in [2.05, 4.69) is 15.9 Å². The largest absolute Gasteiger partial charge is 0.295 e. The molecule has 0 bridgehead atoms. The number of carbonyl (C=O) groups is 1. The van der Waals surface area contributed by atoms with Crippen molar-refractivity contribution in [1.82, 2.24) is 0 Å². The second-order valence-electron chi connectivity index (χ2n) is 1.98. The molecule has 0 aliphatic carbocycles. The molecule has 0 N–H and O–H groups in total. The van der Waals surface area contributed by atoms with Crippen LogP contribution < -0.4 is 0 Å². The summed E-state index contributed by atoms with van der Waals surface area (Å²) >= 11 is 3.21. The summed E-state index contributed by atoms with van der Waals surface area (Å²) in [5.74, 6) is -0.0671. The summed E-state index contributed by atoms with van der Waals surface area (Å²) in [4.78, 5) is 10.8. The Kier molecular flexibility index (Phi) is 1.81. The minimum atomic E-state index is -0.0671. The Balaban J connectivity index is 3.20. The zero-order chi connectivity index (χ0) is 8.43. The fraction of sp³-hybridized carbons (Fsp3) is 0.125. The van der Waals surface area contributed by atoms with Crippen LogP contribution in [-0.4, -0.2) is 5.78 Å². The number of benzene rings is 1. The molecule has 0 aliphatic heterocycles. The van der Waals surface area contributed by atoms with Crippen molar-refractivity contribution in [3.63, 3.8) is 0 Å². The predicted octanol–water partition coefficient (Wildman–Crippen LogP) is 2.65. The van der Waals surface area contributed by atoms with Crippen LogP contribution >= 0.6 is 15.9 Å². The maximum Gasteiger partial charge on any atom is 0.159 e. The van der Waals surface area contributed by atoms with Crippen molar-refractivity contribution >= 4 is 21.7 Å². The van der Waals surface area contributed by atoms with E-state index in [0.717, 1.165) is 4.47 Å². The van der Waals surface area contributed by atoms with Gasteiger partial charge >= 0.3 is 0 Å². The van der Waals surface area contributed by atoms with Crippen LogP contribution in [0.2, 0.25) is 0 Å². The molecule has 0 aliphatic rings. The van der Waals surface area contributed by atoms with Crippen molar-refractivity contribution in [2.24, 2.45) is 0 Å². The zero-order valence-corrected chi connectivity index (χ0v) is 7.10. The second kappa shape index (κ2) is 2.97. The van der Waals surface area contributed by atoms with Crippen LogP contribution in [0.25, 0.3) is 0 Å². The van der Waals surface area contributed by atoms with Gasteiger partial charge in [0.05, 0.1) is 1.37 Å². The lowest BCUT2D eigenvalue weighted by atomic mass is 10.2. The molecule has 1 aromatic rings. The Morgan fingerprint density at radius 2 is 2.30 bits per heavy atom. The maximum absolute atomic E-state index is 10.8. The van der Waals surface area contributed by atoms with Gasteiger partial charge in [0.1, 0.15) is 0 Å². The number of ketones is 1. The van der Waals surface area contributed by atoms with Gasteiger partial charge in [-0.15, -0.1) is 0 Å². The Labute approximate surface area is 69.6 Å². The molecule has 1 rings (SSSR count). The minimum absolute atomic E-state index is 0.0671. The van der Waals surface area contributed by atoms with E-state index in [-0.39, 0.29) is 11.8 Å². The highest BCUT2D eigenvalue weighted by atomic mass is 79.9. The van der Waals surface area contributed by atoms with Gasteiger partial charge in [0.15, 0.2) is 5.78 Å². The molecule has 0 fully saturated rings. The van der Waals surface area contributed by atoms with Crippen molar-refractivity contribution in [2.45, 2.75) is 6.92 Å². The van der Waals surface area contributed by atoms with Crippen LogP contribution in [0.3, 0.4) is 0 Å². The third-order valence-electron chi connectivity index (χ3n) is 1.15. The van der Waals surface area contributed by atoms with Crippen LogP contribution in [0.4, 0.5) is 0 Å². The first kappa shape index (κ1) is 6.10. The average molecular weight is 200 g/mol. The molecule has 0 heterocycles. The lowest BCUT2D eigenvalue weighted by Gasteiger charge is -1.92. The molecule has 0 aromatic heterocycles. The molecule has 1 aromatic carbocycles. The van der Waals surface area contributed by atoms with Gasteiger partial charge < -0.3 is 0 Å². The molecule has 0 amide bonds. The van der Waals surface area contributed by atoms with Crippen molar-refractivity contribution in [3.8, 4) is 0 Å². The smallest absolute Gasteiger partial charge is 0.159 e. The summed E-state index contributed by atoms with van der Waals surface area (Å²) in [6, 6.07) is 5.28. The molecular formula is C8H7BrO. The fourth-order valence-corrected chi connectivity index (χ4v) is 0.871. The number of hydrogen-bond donors (Lipinski definition) is 0. The Bertz CT molecular complexity index is 296. The van der Waals surface area contributed by atoms with Gasteiger partial charge in [-0.3, -0.25) is 4.79 Å². The van der Waals surface area contributed by atoms with Crippen LogP contribution in [-0.2, 0) is 0 Å². The van der Waals surface area contributed by atoms with Crippen LogP contribution in [0.15, 0.2) is 28.7 Å². The molecule has 0 saturated heterocycles. The van der Waals surface area contributed by atoms with Crippen molar-refractivity contribution in [3.05, 3.63) is 34.3 Å². The van der Waals surface area contributed by atoms with E-state index in [1.807, 2.05) is 0 Å². The van der Waals surface area contributed by atoms with Gasteiger partial charge in [-0.1, -0.05) is 28.0 Å². The molecule has 0 saturated carbocycles. The number of Topliss-reactive ketones (excluding diaryl/α,β-unsaturated/α-hetero) is 1. The summed E-state index contributed by atoms with van der Waals surface area (Å²) in [6.07, 6.45) is 0. The van der Waals surface area contributed by atoms with Crippen LogP contribution in [0.1, 0.15) is 18.7 Å². The van der Waals surface area contributed by atoms with E-state index >= 15 is 0 Å². The van der Waals surface area contributed by atoms with Crippen molar-refractivity contribution < 1.29 is 6.17 Å². The molecule has 2 heteroatoms. The molecule has 52 valence electrons. The normalized spacial score (nSPS) is 10.8. The molecule has 0 atom stereocenters. The zero-order valence-electron chi connectivity index (χ0n) is 6.52. The maximum atomic E-state index is 10.8. The summed E-state index contributed by atoms with van der Waals surface area (Å²) in [5, 5.41) is 0. The predicted molar refractivity (Wildman–Crippen MR) is 44.1 cm³/mol. The van der Waals surface area contributed by atoms with Gasteiger partial charge in [0.25, 0.3) is 0 Å². The van der Waals surface area contributed by atoms with Gasteiger partial charge in [0.2, 0.25) is 0 Å². The van der Waals surface area contributed by atoms with E-state index in [1.54, 1.807) is 18.2 Å². The van der Waals surface area contributed by atoms with E-state index in [9.17, 15) is 4.79 Å². The number of carbonyl (C=O) groups excluding carboxylic acids is 1. The number of rotatable bonds is 1. The third-order valence-corrected chi connectivity index (χ3v) is 1.65. The summed E-state index contributed by atoms with van der Waals surface area (Å²) in [7, 11) is 0. The first-order valence-electron chi connectivity index (χ1n) is 3.38. The first-order valence-corrected chi connectivity index (χ1v) is 3.67. The summed E-state index contributed by atoms with van der Waals surface area (Å²) < 4.78 is 8.22. The lowest BCUT2D eigenvalue weighted by molar-refractivity contribution is 0.101. The first-order chi connectivity index (χ1) is 5.11. The van der Waals surface area contributed by atoms with Gasteiger partial charge in [-0.2, -0.15) is 0 Å². The molecule has 0 spiro atoms. The highest BCUT2D eigenvalue weighted by molar-refractivity contribution is 9.10. The third kappa shape index (κ3) is 1.67. The summed E-state index contributed by atoms with van der Waals surface area (Å²) in [6.45, 7) is 1.46. The number of halogens is 1. The van der Waals surface area contributed by atoms with Gasteiger partial charge in [-0.05, 0) is 19.1 Å². The lowest BCUT2D eigenvalue weighted by Crippen LogP contribution is -1.89. The highest BCUT2D eigenvalue weighted by Gasteiger charge is 1.95. The van der Waals surface area contributed by atoms with Gasteiger partial charge in [-0.25, -0.2) is 0 Å². The standard InChI is InChI=1S/C8H7BrO/c1-6(10)7-2-4-8(9)5-3-7/h2-5H,1H3/i2D. The quantitative estimate of drug-likeness (QED) is 0.637. The Morgan fingerprint density at radius 3 is 2.80 bits per heavy atom. The van der Waals surface area contributed by atoms with E-state index in [4.69, 9.17) is 1.37 Å². The minimum Gasteiger partial charge on any atom is -0.295 e. The molecular weight excluding hydrogens is 192 g/mol. The molecule has 10 heavy (non-hydrogen) atoms. The molecule has 0 radical (unpaired) electrons. The van der Waals surface area contributed by atoms with E-state index in [1.165, 1.54) is 6.92 Å². The van der Waals surface area contributed by atoms with Crippen LogP contribution in [0, 0.1) is 0 Å². The Hall–Kier alpha value is -0.630. The average Bonchev–Trinajstić information content (AvgIpc) is 1.85. The van der Waals surface area contributed by atoms with Crippen molar-refractivity contribution in [2.75, 3.05) is 0 Å². The van der Waals surface area contributed by atoms with Gasteiger partial charge in [0, 0.05) is 10.0 Å². The van der Waals surface area contributed by atoms with Crippen molar-refractivity contribution in [1.29, 1.82) is 0 Å². The van der Waals surface area contributed by atoms with Crippen LogP contribution in [0.5, 0.6) is 0 Å².